The summed E-state index contributed by atoms with van der Waals surface area (Å²) in [6.45, 7) is 3.57. The summed E-state index contributed by atoms with van der Waals surface area (Å²) in [5, 5.41) is 10.1. The van der Waals surface area contributed by atoms with Crippen LogP contribution in [0.25, 0.3) is 0 Å². The zero-order valence-electron chi connectivity index (χ0n) is 11.7. The summed E-state index contributed by atoms with van der Waals surface area (Å²) in [5.41, 5.74) is 1.07. The van der Waals surface area contributed by atoms with Crippen molar-refractivity contribution in [3.63, 3.8) is 0 Å². The zero-order valence-corrected chi connectivity index (χ0v) is 12.6. The normalized spacial score (nSPS) is 19.3. The van der Waals surface area contributed by atoms with Gasteiger partial charge in [0.25, 0.3) is 5.91 Å². The number of nitrogens with zero attached hydrogens (tertiary/aromatic N) is 4. The number of rotatable bonds is 2. The molecule has 20 heavy (non-hydrogen) atoms. The highest BCUT2D eigenvalue weighted by Gasteiger charge is 2.28. The number of thiophene rings is 1. The quantitative estimate of drug-likeness (QED) is 0.852. The first-order valence-corrected chi connectivity index (χ1v) is 7.72. The molecular formula is C14H18N4OS. The summed E-state index contributed by atoms with van der Waals surface area (Å²) in [4.78, 5) is 15.4. The van der Waals surface area contributed by atoms with E-state index in [1.54, 1.807) is 6.33 Å². The first-order chi connectivity index (χ1) is 9.66. The van der Waals surface area contributed by atoms with Crippen LogP contribution < -0.4 is 0 Å². The number of likely N-dealkylation sites (tertiary alicyclic amines) is 1. The van der Waals surface area contributed by atoms with E-state index in [2.05, 4.69) is 10.2 Å². The lowest BCUT2D eigenvalue weighted by Gasteiger charge is -2.32. The maximum atomic E-state index is 12.6. The minimum absolute atomic E-state index is 0.157. The summed E-state index contributed by atoms with van der Waals surface area (Å²) in [6.07, 6.45) is 3.81. The fraction of sp³-hybridized carbons (Fsp3) is 0.500. The van der Waals surface area contributed by atoms with Gasteiger partial charge in [-0.05, 0) is 36.8 Å². The Kier molecular flexibility index (Phi) is 3.56. The van der Waals surface area contributed by atoms with Gasteiger partial charge < -0.3 is 9.47 Å². The summed E-state index contributed by atoms with van der Waals surface area (Å²) in [7, 11) is 1.96. The van der Waals surface area contributed by atoms with Gasteiger partial charge in [-0.1, -0.05) is 0 Å². The summed E-state index contributed by atoms with van der Waals surface area (Å²) < 4.78 is 1.95. The minimum atomic E-state index is 0.157. The minimum Gasteiger partial charge on any atom is -0.337 e. The van der Waals surface area contributed by atoms with E-state index in [-0.39, 0.29) is 5.91 Å². The Labute approximate surface area is 122 Å². The second-order valence-electron chi connectivity index (χ2n) is 5.32. The Balaban J connectivity index is 1.77. The molecule has 3 heterocycles. The molecule has 6 heteroatoms. The van der Waals surface area contributed by atoms with Crippen molar-refractivity contribution in [1.82, 2.24) is 19.7 Å². The molecule has 1 saturated heterocycles. The number of hydrogen-bond acceptors (Lipinski definition) is 4. The lowest BCUT2D eigenvalue weighted by molar-refractivity contribution is 0.0707. The number of hydrogen-bond donors (Lipinski definition) is 0. The third-order valence-electron chi connectivity index (χ3n) is 3.88. The SMILES string of the molecule is Cc1ccsc1C(=O)N1CCC[C@@H](c2nncn2C)C1. The van der Waals surface area contributed by atoms with Crippen LogP contribution in [0.15, 0.2) is 17.8 Å². The van der Waals surface area contributed by atoms with E-state index >= 15 is 0 Å². The van der Waals surface area contributed by atoms with Gasteiger partial charge in [0.05, 0.1) is 4.88 Å². The smallest absolute Gasteiger partial charge is 0.264 e. The maximum Gasteiger partial charge on any atom is 0.264 e. The van der Waals surface area contributed by atoms with Crippen molar-refractivity contribution in [2.24, 2.45) is 7.05 Å². The largest absolute Gasteiger partial charge is 0.337 e. The fourth-order valence-corrected chi connectivity index (χ4v) is 3.66. The van der Waals surface area contributed by atoms with Gasteiger partial charge in [-0.3, -0.25) is 4.79 Å². The number of aryl methyl sites for hydroxylation is 2. The van der Waals surface area contributed by atoms with Crippen LogP contribution in [0.3, 0.4) is 0 Å². The molecule has 1 amide bonds. The number of carbonyl (C=O) groups is 1. The summed E-state index contributed by atoms with van der Waals surface area (Å²) in [5.74, 6) is 1.43. The number of aromatic nitrogens is 3. The van der Waals surface area contributed by atoms with Gasteiger partial charge >= 0.3 is 0 Å². The summed E-state index contributed by atoms with van der Waals surface area (Å²) >= 11 is 1.53. The van der Waals surface area contributed by atoms with Crippen LogP contribution in [0.4, 0.5) is 0 Å². The molecule has 1 aliphatic rings. The molecule has 0 saturated carbocycles. The molecule has 2 aromatic rings. The van der Waals surface area contributed by atoms with E-state index in [4.69, 9.17) is 0 Å². The zero-order chi connectivity index (χ0) is 14.1. The number of amides is 1. The first-order valence-electron chi connectivity index (χ1n) is 6.84. The van der Waals surface area contributed by atoms with Crippen molar-refractivity contribution in [3.05, 3.63) is 34.0 Å². The molecule has 1 atom stereocenters. The third kappa shape index (κ3) is 2.35. The third-order valence-corrected chi connectivity index (χ3v) is 4.88. The lowest BCUT2D eigenvalue weighted by atomic mass is 9.97. The average Bonchev–Trinajstić information content (AvgIpc) is 3.07. The topological polar surface area (TPSA) is 51.0 Å². The molecule has 0 unspecified atom stereocenters. The van der Waals surface area contributed by atoms with Gasteiger partial charge in [0, 0.05) is 26.1 Å². The van der Waals surface area contributed by atoms with Crippen LogP contribution in [0.2, 0.25) is 0 Å². The molecule has 106 valence electrons. The predicted molar refractivity (Wildman–Crippen MR) is 77.9 cm³/mol. The van der Waals surface area contributed by atoms with Crippen LogP contribution >= 0.6 is 11.3 Å². The highest BCUT2D eigenvalue weighted by Crippen LogP contribution is 2.27. The van der Waals surface area contributed by atoms with Crippen molar-refractivity contribution in [2.45, 2.75) is 25.7 Å². The second-order valence-corrected chi connectivity index (χ2v) is 6.24. The van der Waals surface area contributed by atoms with Crippen LogP contribution in [0.1, 0.15) is 39.8 Å². The Morgan fingerprint density at radius 3 is 3.00 bits per heavy atom. The Morgan fingerprint density at radius 2 is 2.35 bits per heavy atom. The van der Waals surface area contributed by atoms with E-state index in [1.807, 2.05) is 34.9 Å². The molecule has 0 N–H and O–H groups in total. The molecule has 3 rings (SSSR count). The molecule has 1 aliphatic heterocycles. The highest BCUT2D eigenvalue weighted by atomic mass is 32.1. The van der Waals surface area contributed by atoms with Gasteiger partial charge in [0.1, 0.15) is 12.2 Å². The molecule has 0 aliphatic carbocycles. The van der Waals surface area contributed by atoms with Gasteiger partial charge in [-0.2, -0.15) is 0 Å². The van der Waals surface area contributed by atoms with E-state index in [1.165, 1.54) is 11.3 Å². The van der Waals surface area contributed by atoms with Gasteiger partial charge in [-0.15, -0.1) is 21.5 Å². The van der Waals surface area contributed by atoms with Crippen LogP contribution in [0, 0.1) is 6.92 Å². The average molecular weight is 290 g/mol. The fourth-order valence-electron chi connectivity index (χ4n) is 2.77. The van der Waals surface area contributed by atoms with Crippen LogP contribution in [0.5, 0.6) is 0 Å². The van der Waals surface area contributed by atoms with Gasteiger partial charge in [0.2, 0.25) is 0 Å². The van der Waals surface area contributed by atoms with E-state index in [0.29, 0.717) is 5.92 Å². The van der Waals surface area contributed by atoms with Crippen molar-refractivity contribution < 1.29 is 4.79 Å². The van der Waals surface area contributed by atoms with E-state index in [9.17, 15) is 4.79 Å². The van der Waals surface area contributed by atoms with Crippen molar-refractivity contribution in [2.75, 3.05) is 13.1 Å². The molecule has 0 bridgehead atoms. The molecule has 2 aromatic heterocycles. The highest BCUT2D eigenvalue weighted by molar-refractivity contribution is 7.12. The molecule has 5 nitrogen and oxygen atoms in total. The Hall–Kier alpha value is -1.69. The van der Waals surface area contributed by atoms with Crippen molar-refractivity contribution in [3.8, 4) is 0 Å². The molecule has 0 aromatic carbocycles. The maximum absolute atomic E-state index is 12.6. The summed E-state index contributed by atoms with van der Waals surface area (Å²) in [6, 6.07) is 2.00. The van der Waals surface area contributed by atoms with Crippen LogP contribution in [-0.4, -0.2) is 38.7 Å². The molecule has 1 fully saturated rings. The predicted octanol–water partition coefficient (Wildman–Crippen LogP) is 2.20. The molecular weight excluding hydrogens is 272 g/mol. The Morgan fingerprint density at radius 1 is 1.50 bits per heavy atom. The number of piperidine rings is 1. The van der Waals surface area contributed by atoms with E-state index in [0.717, 1.165) is 42.2 Å². The standard InChI is InChI=1S/C14H18N4OS/c1-10-5-7-20-12(10)14(19)18-6-3-4-11(8-18)13-16-15-9-17(13)2/h5,7,9,11H,3-4,6,8H2,1-2H3/t11-/m1/s1. The number of carbonyl (C=O) groups excluding carboxylic acids is 1. The van der Waals surface area contributed by atoms with Crippen molar-refractivity contribution >= 4 is 17.2 Å². The monoisotopic (exact) mass is 290 g/mol. The van der Waals surface area contributed by atoms with Gasteiger partial charge in [-0.25, -0.2) is 0 Å². The first kappa shape index (κ1) is 13.3. The lowest BCUT2D eigenvalue weighted by Crippen LogP contribution is -2.39. The van der Waals surface area contributed by atoms with Gasteiger partial charge in [0.15, 0.2) is 0 Å². The van der Waals surface area contributed by atoms with E-state index < -0.39 is 0 Å². The van der Waals surface area contributed by atoms with Crippen LogP contribution in [-0.2, 0) is 7.05 Å². The Bertz CT molecular complexity index is 618. The molecule has 0 spiro atoms. The van der Waals surface area contributed by atoms with Crippen molar-refractivity contribution in [1.29, 1.82) is 0 Å². The molecule has 0 radical (unpaired) electrons. The second kappa shape index (κ2) is 5.36.